The van der Waals surface area contributed by atoms with E-state index in [4.69, 9.17) is 9.47 Å². The Bertz CT molecular complexity index is 771. The summed E-state index contributed by atoms with van der Waals surface area (Å²) in [5.74, 6) is 0.405. The van der Waals surface area contributed by atoms with E-state index >= 15 is 0 Å². The average Bonchev–Trinajstić information content (AvgIpc) is 3.14. The molecule has 1 aliphatic heterocycles. The largest absolute Gasteiger partial charge is 0.454 e. The summed E-state index contributed by atoms with van der Waals surface area (Å²) < 4.78 is 34.1. The molecule has 0 saturated carbocycles. The summed E-state index contributed by atoms with van der Waals surface area (Å²) in [6.45, 7) is 0.103. The van der Waals surface area contributed by atoms with Crippen molar-refractivity contribution >= 4 is 27.3 Å². The average molecular weight is 326 g/mol. The van der Waals surface area contributed by atoms with Gasteiger partial charge < -0.3 is 9.47 Å². The van der Waals surface area contributed by atoms with Crippen molar-refractivity contribution in [2.45, 2.75) is 4.21 Å². The number of ether oxygens (including phenoxy) is 2. The van der Waals surface area contributed by atoms with Crippen LogP contribution in [0.4, 0.5) is 0 Å². The molecule has 7 nitrogen and oxygen atoms in total. The van der Waals surface area contributed by atoms with Gasteiger partial charge in [-0.25, -0.2) is 8.42 Å². The second-order valence-corrected chi connectivity index (χ2v) is 6.92. The van der Waals surface area contributed by atoms with Crippen molar-refractivity contribution in [2.24, 2.45) is 0 Å². The van der Waals surface area contributed by atoms with Crippen molar-refractivity contribution in [3.63, 3.8) is 0 Å². The van der Waals surface area contributed by atoms with Gasteiger partial charge in [0.1, 0.15) is 4.21 Å². The molecule has 1 aromatic heterocycles. The fraction of sp³-hybridized carbons (Fsp3) is 0.0833. The molecule has 0 bridgehead atoms. The Hall–Kier alpha value is -2.10. The van der Waals surface area contributed by atoms with E-state index in [1.165, 1.54) is 18.2 Å². The van der Waals surface area contributed by atoms with E-state index in [0.717, 1.165) is 11.3 Å². The van der Waals surface area contributed by atoms with E-state index in [-0.39, 0.29) is 16.6 Å². The van der Waals surface area contributed by atoms with Gasteiger partial charge in [-0.2, -0.15) is 0 Å². The summed E-state index contributed by atoms with van der Waals surface area (Å²) in [4.78, 5) is 14.0. The van der Waals surface area contributed by atoms with Crippen molar-refractivity contribution in [3.05, 3.63) is 41.3 Å². The number of carbonyl (C=O) groups excluding carboxylic acids is 1. The van der Waals surface area contributed by atoms with Crippen LogP contribution >= 0.6 is 11.3 Å². The molecule has 2 heterocycles. The van der Waals surface area contributed by atoms with E-state index in [2.05, 4.69) is 5.43 Å². The first kappa shape index (κ1) is 13.9. The van der Waals surface area contributed by atoms with Crippen molar-refractivity contribution in [1.82, 2.24) is 10.3 Å². The highest BCUT2D eigenvalue weighted by Crippen LogP contribution is 2.32. The third kappa shape index (κ3) is 2.84. The Balaban J connectivity index is 1.70. The van der Waals surface area contributed by atoms with Crippen LogP contribution in [0, 0.1) is 0 Å². The minimum atomic E-state index is -3.75. The predicted molar refractivity (Wildman–Crippen MR) is 74.7 cm³/mol. The van der Waals surface area contributed by atoms with Crippen LogP contribution in [0.15, 0.2) is 39.9 Å². The summed E-state index contributed by atoms with van der Waals surface area (Å²) in [7, 11) is -3.75. The topological polar surface area (TPSA) is 93.7 Å². The van der Waals surface area contributed by atoms with Crippen LogP contribution in [0.5, 0.6) is 11.5 Å². The molecule has 0 unspecified atom stereocenters. The van der Waals surface area contributed by atoms with Crippen molar-refractivity contribution in [1.29, 1.82) is 0 Å². The van der Waals surface area contributed by atoms with Gasteiger partial charge in [-0.3, -0.25) is 10.2 Å². The van der Waals surface area contributed by atoms with Gasteiger partial charge in [0, 0.05) is 5.56 Å². The number of carbonyl (C=O) groups is 1. The molecule has 0 aliphatic carbocycles. The summed E-state index contributed by atoms with van der Waals surface area (Å²) >= 11 is 1.06. The number of hydrogen-bond donors (Lipinski definition) is 2. The van der Waals surface area contributed by atoms with Crippen LogP contribution in [0.25, 0.3) is 0 Å². The van der Waals surface area contributed by atoms with Gasteiger partial charge in [-0.15, -0.1) is 16.2 Å². The Morgan fingerprint density at radius 2 is 2.00 bits per heavy atom. The number of benzene rings is 1. The van der Waals surface area contributed by atoms with Crippen LogP contribution < -0.4 is 19.7 Å². The van der Waals surface area contributed by atoms with E-state index < -0.39 is 15.9 Å². The van der Waals surface area contributed by atoms with Crippen LogP contribution in [-0.4, -0.2) is 21.1 Å². The quantitative estimate of drug-likeness (QED) is 0.821. The summed E-state index contributed by atoms with van der Waals surface area (Å²) in [5, 5.41) is 1.63. The van der Waals surface area contributed by atoms with Crippen molar-refractivity contribution in [3.8, 4) is 11.5 Å². The van der Waals surface area contributed by atoms with E-state index in [1.54, 1.807) is 17.5 Å². The van der Waals surface area contributed by atoms with Crippen LogP contribution in [0.3, 0.4) is 0 Å². The zero-order valence-electron chi connectivity index (χ0n) is 10.5. The van der Waals surface area contributed by atoms with Gasteiger partial charge in [0.25, 0.3) is 15.9 Å². The molecule has 3 rings (SSSR count). The number of hydrogen-bond acceptors (Lipinski definition) is 6. The van der Waals surface area contributed by atoms with Gasteiger partial charge in [0.2, 0.25) is 6.79 Å². The molecule has 2 aromatic rings. The second kappa shape index (κ2) is 5.35. The Morgan fingerprint density at radius 1 is 1.19 bits per heavy atom. The molecule has 0 fully saturated rings. The number of hydrazine groups is 1. The van der Waals surface area contributed by atoms with Crippen LogP contribution in [0.2, 0.25) is 0 Å². The fourth-order valence-corrected chi connectivity index (χ4v) is 3.52. The number of rotatable bonds is 4. The summed E-state index contributed by atoms with van der Waals surface area (Å²) in [6, 6.07) is 7.64. The van der Waals surface area contributed by atoms with Gasteiger partial charge in [0.05, 0.1) is 0 Å². The highest BCUT2D eigenvalue weighted by atomic mass is 32.2. The lowest BCUT2D eigenvalue weighted by molar-refractivity contribution is 0.0944. The molecule has 1 aromatic carbocycles. The number of amides is 1. The van der Waals surface area contributed by atoms with E-state index in [1.807, 2.05) is 4.83 Å². The lowest BCUT2D eigenvalue weighted by atomic mass is 10.2. The molecular formula is C12H10N2O5S2. The minimum Gasteiger partial charge on any atom is -0.454 e. The Labute approximate surface area is 124 Å². The van der Waals surface area contributed by atoms with E-state index in [9.17, 15) is 13.2 Å². The predicted octanol–water partition coefficient (Wildman–Crippen LogP) is 1.10. The first-order chi connectivity index (χ1) is 10.1. The number of thiophene rings is 1. The molecule has 2 N–H and O–H groups in total. The van der Waals surface area contributed by atoms with Gasteiger partial charge in [0.15, 0.2) is 11.5 Å². The Morgan fingerprint density at radius 3 is 2.76 bits per heavy atom. The highest BCUT2D eigenvalue weighted by molar-refractivity contribution is 7.91. The lowest BCUT2D eigenvalue weighted by Crippen LogP contribution is -2.41. The molecule has 0 atom stereocenters. The highest BCUT2D eigenvalue weighted by Gasteiger charge is 2.19. The lowest BCUT2D eigenvalue weighted by Gasteiger charge is -2.07. The number of sulfonamides is 1. The minimum absolute atomic E-state index is 0.103. The first-order valence-corrected chi connectivity index (χ1v) is 8.18. The number of fused-ring (bicyclic) bond motifs is 1. The first-order valence-electron chi connectivity index (χ1n) is 5.81. The number of nitrogens with one attached hydrogen (secondary N) is 2. The molecule has 9 heteroatoms. The summed E-state index contributed by atoms with van der Waals surface area (Å²) in [6.07, 6.45) is 0. The van der Waals surface area contributed by atoms with Crippen LogP contribution in [-0.2, 0) is 10.0 Å². The normalized spacial score (nSPS) is 13.1. The third-order valence-electron chi connectivity index (χ3n) is 2.69. The van der Waals surface area contributed by atoms with Crippen molar-refractivity contribution in [2.75, 3.05) is 6.79 Å². The zero-order chi connectivity index (χ0) is 14.9. The SMILES string of the molecule is O=C(NNS(=O)(=O)c1cccs1)c1ccc2c(c1)OCO2. The molecule has 1 aliphatic rings. The molecular weight excluding hydrogens is 316 g/mol. The maximum Gasteiger partial charge on any atom is 0.266 e. The van der Waals surface area contributed by atoms with E-state index in [0.29, 0.717) is 11.5 Å². The van der Waals surface area contributed by atoms with Gasteiger partial charge in [-0.1, -0.05) is 6.07 Å². The summed E-state index contributed by atoms with van der Waals surface area (Å²) in [5.41, 5.74) is 2.41. The molecule has 21 heavy (non-hydrogen) atoms. The fourth-order valence-electron chi connectivity index (χ4n) is 1.69. The standard InChI is InChI=1S/C12H10N2O5S2/c15-12(8-3-4-9-10(6-8)19-7-18-9)13-14-21(16,17)11-2-1-5-20-11/h1-6,14H,7H2,(H,13,15). The zero-order valence-corrected chi connectivity index (χ0v) is 12.2. The van der Waals surface area contributed by atoms with Crippen LogP contribution in [0.1, 0.15) is 10.4 Å². The third-order valence-corrected chi connectivity index (χ3v) is 5.34. The van der Waals surface area contributed by atoms with Gasteiger partial charge >= 0.3 is 0 Å². The van der Waals surface area contributed by atoms with Gasteiger partial charge in [-0.05, 0) is 29.6 Å². The molecule has 0 spiro atoms. The molecule has 1 amide bonds. The smallest absolute Gasteiger partial charge is 0.266 e. The monoisotopic (exact) mass is 326 g/mol. The molecule has 0 radical (unpaired) electrons. The van der Waals surface area contributed by atoms with Crippen molar-refractivity contribution < 1.29 is 22.7 Å². The molecule has 110 valence electrons. The maximum atomic E-state index is 11.9. The Kier molecular flexibility index (Phi) is 3.53. The second-order valence-electron chi connectivity index (χ2n) is 4.06. The maximum absolute atomic E-state index is 11.9. The molecule has 0 saturated heterocycles.